The molecule has 5 heteroatoms. The highest BCUT2D eigenvalue weighted by Crippen LogP contribution is 2.32. The SMILES string of the molecule is CCCOc1ccc(C(C)(C)C)cc1C(=O)C(F)(F)F. The van der Waals surface area contributed by atoms with Crippen molar-refractivity contribution in [2.75, 3.05) is 6.61 Å². The molecule has 0 bridgehead atoms. The second kappa shape index (κ2) is 5.85. The maximum atomic E-state index is 12.7. The number of alkyl halides is 3. The molecule has 0 fully saturated rings. The van der Waals surface area contributed by atoms with E-state index in [0.29, 0.717) is 12.0 Å². The van der Waals surface area contributed by atoms with Crippen LogP contribution in [0.15, 0.2) is 18.2 Å². The Balaban J connectivity index is 3.30. The summed E-state index contributed by atoms with van der Waals surface area (Å²) in [6, 6.07) is 4.41. The molecule has 0 aliphatic carbocycles. The average molecular weight is 288 g/mol. The van der Waals surface area contributed by atoms with E-state index >= 15 is 0 Å². The molecule has 0 aliphatic rings. The average Bonchev–Trinajstić information content (AvgIpc) is 2.33. The Labute approximate surface area is 116 Å². The molecule has 0 saturated heterocycles. The van der Waals surface area contributed by atoms with Crippen molar-refractivity contribution in [2.24, 2.45) is 0 Å². The Hall–Kier alpha value is -1.52. The maximum Gasteiger partial charge on any atom is 0.455 e. The van der Waals surface area contributed by atoms with Crippen LogP contribution in [0.1, 0.15) is 50.0 Å². The van der Waals surface area contributed by atoms with E-state index in [4.69, 9.17) is 4.74 Å². The first-order valence-electron chi connectivity index (χ1n) is 6.46. The summed E-state index contributed by atoms with van der Waals surface area (Å²) in [6.07, 6.45) is -4.25. The quantitative estimate of drug-likeness (QED) is 0.761. The summed E-state index contributed by atoms with van der Waals surface area (Å²) in [5.41, 5.74) is -0.100. The van der Waals surface area contributed by atoms with Gasteiger partial charge in [0.15, 0.2) is 0 Å². The van der Waals surface area contributed by atoms with Gasteiger partial charge in [0.05, 0.1) is 12.2 Å². The third-order valence-corrected chi connectivity index (χ3v) is 2.81. The van der Waals surface area contributed by atoms with Crippen LogP contribution in [0, 0.1) is 0 Å². The van der Waals surface area contributed by atoms with E-state index in [1.54, 1.807) is 6.07 Å². The number of Topliss-reactive ketones (excluding diaryl/α,β-unsaturated/α-hetero) is 1. The van der Waals surface area contributed by atoms with E-state index < -0.39 is 17.5 Å². The Kier molecular flexibility index (Phi) is 4.84. The van der Waals surface area contributed by atoms with Crippen LogP contribution in [0.25, 0.3) is 0 Å². The van der Waals surface area contributed by atoms with Crippen LogP contribution >= 0.6 is 0 Å². The van der Waals surface area contributed by atoms with Gasteiger partial charge in [-0.3, -0.25) is 4.79 Å². The molecule has 1 rings (SSSR count). The second-order valence-electron chi connectivity index (χ2n) is 5.64. The van der Waals surface area contributed by atoms with Crippen LogP contribution < -0.4 is 4.74 Å². The number of hydrogen-bond acceptors (Lipinski definition) is 2. The first kappa shape index (κ1) is 16.5. The van der Waals surface area contributed by atoms with Gasteiger partial charge in [0.2, 0.25) is 0 Å². The number of rotatable bonds is 4. The molecule has 0 atom stereocenters. The first-order valence-corrected chi connectivity index (χ1v) is 6.46. The predicted octanol–water partition coefficient (Wildman–Crippen LogP) is 4.52. The lowest BCUT2D eigenvalue weighted by atomic mass is 9.85. The van der Waals surface area contributed by atoms with Crippen LogP contribution in [-0.2, 0) is 5.41 Å². The minimum atomic E-state index is -4.90. The van der Waals surface area contributed by atoms with Gasteiger partial charge in [-0.1, -0.05) is 33.8 Å². The van der Waals surface area contributed by atoms with Crippen molar-refractivity contribution in [1.82, 2.24) is 0 Å². The van der Waals surface area contributed by atoms with Crippen molar-refractivity contribution < 1.29 is 22.7 Å². The Morgan fingerprint density at radius 1 is 1.20 bits per heavy atom. The maximum absolute atomic E-state index is 12.7. The van der Waals surface area contributed by atoms with E-state index in [1.807, 2.05) is 27.7 Å². The molecule has 0 radical (unpaired) electrons. The Morgan fingerprint density at radius 2 is 1.80 bits per heavy atom. The number of ketones is 1. The number of ether oxygens (including phenoxy) is 1. The Morgan fingerprint density at radius 3 is 2.25 bits per heavy atom. The Bertz CT molecular complexity index is 485. The zero-order valence-corrected chi connectivity index (χ0v) is 12.1. The van der Waals surface area contributed by atoms with Crippen molar-refractivity contribution in [3.05, 3.63) is 29.3 Å². The highest BCUT2D eigenvalue weighted by atomic mass is 19.4. The lowest BCUT2D eigenvalue weighted by Crippen LogP contribution is -2.24. The van der Waals surface area contributed by atoms with Gasteiger partial charge in [0.25, 0.3) is 5.78 Å². The second-order valence-corrected chi connectivity index (χ2v) is 5.64. The predicted molar refractivity (Wildman–Crippen MR) is 71.3 cm³/mol. The number of hydrogen-bond donors (Lipinski definition) is 0. The summed E-state index contributed by atoms with van der Waals surface area (Å²) < 4.78 is 43.2. The summed E-state index contributed by atoms with van der Waals surface area (Å²) in [5, 5.41) is 0. The van der Waals surface area contributed by atoms with E-state index in [-0.39, 0.29) is 17.8 Å². The van der Waals surface area contributed by atoms with Crippen LogP contribution in [-0.4, -0.2) is 18.6 Å². The zero-order valence-electron chi connectivity index (χ0n) is 12.1. The van der Waals surface area contributed by atoms with Crippen molar-refractivity contribution in [3.8, 4) is 5.75 Å². The van der Waals surface area contributed by atoms with Crippen LogP contribution in [0.2, 0.25) is 0 Å². The van der Waals surface area contributed by atoms with Crippen LogP contribution in [0.3, 0.4) is 0 Å². The van der Waals surface area contributed by atoms with Crippen molar-refractivity contribution in [3.63, 3.8) is 0 Å². The zero-order chi connectivity index (χ0) is 15.6. The van der Waals surface area contributed by atoms with Gasteiger partial charge in [0, 0.05) is 0 Å². The van der Waals surface area contributed by atoms with E-state index in [9.17, 15) is 18.0 Å². The van der Waals surface area contributed by atoms with Gasteiger partial charge in [-0.25, -0.2) is 0 Å². The molecule has 112 valence electrons. The van der Waals surface area contributed by atoms with Crippen LogP contribution in [0.5, 0.6) is 5.75 Å². The van der Waals surface area contributed by atoms with Gasteiger partial charge in [-0.05, 0) is 29.5 Å². The summed E-state index contributed by atoms with van der Waals surface area (Å²) in [7, 11) is 0. The molecule has 0 aliphatic heterocycles. The van der Waals surface area contributed by atoms with Crippen LogP contribution in [0.4, 0.5) is 13.2 Å². The summed E-state index contributed by atoms with van der Waals surface area (Å²) in [6.45, 7) is 7.73. The summed E-state index contributed by atoms with van der Waals surface area (Å²) >= 11 is 0. The topological polar surface area (TPSA) is 26.3 Å². The molecule has 2 nitrogen and oxygen atoms in total. The molecule has 20 heavy (non-hydrogen) atoms. The third-order valence-electron chi connectivity index (χ3n) is 2.81. The lowest BCUT2D eigenvalue weighted by Gasteiger charge is -2.21. The van der Waals surface area contributed by atoms with Gasteiger partial charge < -0.3 is 4.74 Å². The molecule has 0 saturated carbocycles. The fraction of sp³-hybridized carbons (Fsp3) is 0.533. The highest BCUT2D eigenvalue weighted by Gasteiger charge is 2.41. The standard InChI is InChI=1S/C15H19F3O2/c1-5-8-20-12-7-6-10(14(2,3)4)9-11(12)13(19)15(16,17)18/h6-7,9H,5,8H2,1-4H3. The molecular formula is C15H19F3O2. The summed E-state index contributed by atoms with van der Waals surface area (Å²) in [4.78, 5) is 11.5. The van der Waals surface area contributed by atoms with E-state index in [1.165, 1.54) is 12.1 Å². The van der Waals surface area contributed by atoms with Crippen molar-refractivity contribution in [2.45, 2.75) is 45.7 Å². The third kappa shape index (κ3) is 3.99. The monoisotopic (exact) mass is 288 g/mol. The lowest BCUT2D eigenvalue weighted by molar-refractivity contribution is -0.0886. The molecule has 1 aromatic carbocycles. The summed E-state index contributed by atoms with van der Waals surface area (Å²) in [5.74, 6) is -1.88. The normalized spacial score (nSPS) is 12.3. The van der Waals surface area contributed by atoms with E-state index in [2.05, 4.69) is 0 Å². The molecule has 0 amide bonds. The molecule has 1 aromatic rings. The molecule has 0 aromatic heterocycles. The largest absolute Gasteiger partial charge is 0.493 e. The fourth-order valence-electron chi connectivity index (χ4n) is 1.66. The minimum absolute atomic E-state index is 0.0119. The fourth-order valence-corrected chi connectivity index (χ4v) is 1.66. The van der Waals surface area contributed by atoms with Gasteiger partial charge in [-0.15, -0.1) is 0 Å². The van der Waals surface area contributed by atoms with E-state index in [0.717, 1.165) is 0 Å². The molecule has 0 spiro atoms. The van der Waals surface area contributed by atoms with Gasteiger partial charge in [0.1, 0.15) is 5.75 Å². The number of benzene rings is 1. The smallest absolute Gasteiger partial charge is 0.455 e. The number of carbonyl (C=O) groups is 1. The van der Waals surface area contributed by atoms with Gasteiger partial charge in [-0.2, -0.15) is 13.2 Å². The van der Waals surface area contributed by atoms with Crippen molar-refractivity contribution in [1.29, 1.82) is 0 Å². The molecule has 0 unspecified atom stereocenters. The highest BCUT2D eigenvalue weighted by molar-refractivity contribution is 6.02. The molecule has 0 N–H and O–H groups in total. The first-order chi connectivity index (χ1) is 9.07. The number of carbonyl (C=O) groups excluding carboxylic acids is 1. The molecule has 0 heterocycles. The van der Waals surface area contributed by atoms with Gasteiger partial charge >= 0.3 is 6.18 Å². The van der Waals surface area contributed by atoms with Crippen molar-refractivity contribution >= 4 is 5.78 Å². The molecular weight excluding hydrogens is 269 g/mol. The minimum Gasteiger partial charge on any atom is -0.493 e. The number of halogens is 3.